The molecule has 2 heterocycles. The van der Waals surface area contributed by atoms with E-state index in [1.54, 1.807) is 0 Å². The van der Waals surface area contributed by atoms with Crippen molar-refractivity contribution in [3.8, 4) is 0 Å². The van der Waals surface area contributed by atoms with Gasteiger partial charge in [0.25, 0.3) is 0 Å². The maximum Gasteiger partial charge on any atom is 0.123 e. The molecule has 0 saturated heterocycles. The van der Waals surface area contributed by atoms with Crippen molar-refractivity contribution in [1.29, 1.82) is 0 Å². The average molecular weight is 280 g/mol. The van der Waals surface area contributed by atoms with Gasteiger partial charge in [-0.25, -0.2) is 4.39 Å². The minimum atomic E-state index is -0.188. The molecule has 1 unspecified atom stereocenters. The summed E-state index contributed by atoms with van der Waals surface area (Å²) in [6.45, 7) is 4.08. The van der Waals surface area contributed by atoms with Gasteiger partial charge in [0.2, 0.25) is 0 Å². The van der Waals surface area contributed by atoms with Gasteiger partial charge in [0.05, 0.1) is 6.04 Å². The zero-order valence-electron chi connectivity index (χ0n) is 11.9. The van der Waals surface area contributed by atoms with E-state index in [1.165, 1.54) is 34.3 Å². The lowest BCUT2D eigenvalue weighted by Crippen LogP contribution is -2.34. The highest BCUT2D eigenvalue weighted by atomic mass is 19.1. The molecule has 0 amide bonds. The molecular weight excluding hydrogens is 263 g/mol. The first-order chi connectivity index (χ1) is 10.3. The number of aromatic nitrogens is 1. The minimum absolute atomic E-state index is 0.131. The van der Waals surface area contributed by atoms with Gasteiger partial charge in [-0.2, -0.15) is 0 Å². The lowest BCUT2D eigenvalue weighted by atomic mass is 9.99. The first-order valence-corrected chi connectivity index (χ1v) is 7.32. The van der Waals surface area contributed by atoms with Crippen LogP contribution in [-0.2, 0) is 6.54 Å². The molecule has 0 saturated carbocycles. The summed E-state index contributed by atoms with van der Waals surface area (Å²) in [6, 6.07) is 15.5. The largest absolute Gasteiger partial charge is 0.341 e. The normalized spacial score (nSPS) is 17.9. The predicted molar refractivity (Wildman–Crippen MR) is 82.9 cm³/mol. The Kier molecular flexibility index (Phi) is 2.82. The Morgan fingerprint density at radius 3 is 2.67 bits per heavy atom. The van der Waals surface area contributed by atoms with Crippen molar-refractivity contribution < 1.29 is 4.39 Å². The fourth-order valence-electron chi connectivity index (χ4n) is 3.46. The highest BCUT2D eigenvalue weighted by Gasteiger charge is 2.26. The molecule has 2 aromatic carbocycles. The van der Waals surface area contributed by atoms with Crippen LogP contribution in [0.3, 0.4) is 0 Å². The van der Waals surface area contributed by atoms with Crippen LogP contribution in [-0.4, -0.2) is 11.1 Å². The summed E-state index contributed by atoms with van der Waals surface area (Å²) in [6.07, 6.45) is 0. The van der Waals surface area contributed by atoms with Crippen molar-refractivity contribution in [2.45, 2.75) is 19.5 Å². The number of rotatable bonds is 1. The number of benzene rings is 2. The summed E-state index contributed by atoms with van der Waals surface area (Å²) in [5.41, 5.74) is 5.02. The number of halogens is 1. The van der Waals surface area contributed by atoms with Crippen LogP contribution in [0, 0.1) is 12.7 Å². The Labute approximate surface area is 123 Å². The van der Waals surface area contributed by atoms with Gasteiger partial charge in [0.1, 0.15) is 5.82 Å². The SMILES string of the molecule is Cc1c2n(c3ccccc13)CCNC2c1ccc(F)cc1. The maximum absolute atomic E-state index is 13.2. The number of hydrogen-bond donors (Lipinski definition) is 1. The van der Waals surface area contributed by atoms with Crippen LogP contribution < -0.4 is 5.32 Å². The summed E-state index contributed by atoms with van der Waals surface area (Å²) in [5, 5.41) is 4.88. The molecule has 1 N–H and O–H groups in total. The summed E-state index contributed by atoms with van der Waals surface area (Å²) < 4.78 is 15.6. The van der Waals surface area contributed by atoms with E-state index in [0.29, 0.717) is 0 Å². The molecule has 4 rings (SSSR count). The van der Waals surface area contributed by atoms with E-state index < -0.39 is 0 Å². The molecular formula is C18H17FN2. The zero-order valence-corrected chi connectivity index (χ0v) is 11.9. The van der Waals surface area contributed by atoms with E-state index in [-0.39, 0.29) is 11.9 Å². The van der Waals surface area contributed by atoms with E-state index in [0.717, 1.165) is 18.7 Å². The van der Waals surface area contributed by atoms with Crippen LogP contribution in [0.25, 0.3) is 10.9 Å². The smallest absolute Gasteiger partial charge is 0.123 e. The Balaban J connectivity index is 1.93. The number of nitrogens with one attached hydrogen (secondary N) is 1. The topological polar surface area (TPSA) is 17.0 Å². The van der Waals surface area contributed by atoms with Crippen LogP contribution in [0.4, 0.5) is 4.39 Å². The van der Waals surface area contributed by atoms with Gasteiger partial charge in [-0.15, -0.1) is 0 Å². The lowest BCUT2D eigenvalue weighted by molar-refractivity contribution is 0.472. The third-order valence-electron chi connectivity index (χ3n) is 4.43. The van der Waals surface area contributed by atoms with Gasteiger partial charge in [0.15, 0.2) is 0 Å². The summed E-state index contributed by atoms with van der Waals surface area (Å²) in [4.78, 5) is 0. The van der Waals surface area contributed by atoms with Crippen LogP contribution in [0.15, 0.2) is 48.5 Å². The maximum atomic E-state index is 13.2. The van der Waals surface area contributed by atoms with Crippen LogP contribution in [0.1, 0.15) is 22.9 Å². The van der Waals surface area contributed by atoms with Crippen LogP contribution in [0.5, 0.6) is 0 Å². The molecule has 0 aliphatic carbocycles. The molecule has 0 bridgehead atoms. The monoisotopic (exact) mass is 280 g/mol. The fourth-order valence-corrected chi connectivity index (χ4v) is 3.46. The van der Waals surface area contributed by atoms with E-state index >= 15 is 0 Å². The first kappa shape index (κ1) is 12.6. The third kappa shape index (κ3) is 1.88. The molecule has 1 aliphatic heterocycles. The molecule has 0 fully saturated rings. The Bertz CT molecular complexity index is 802. The zero-order chi connectivity index (χ0) is 14.4. The van der Waals surface area contributed by atoms with Crippen molar-refractivity contribution in [2.24, 2.45) is 0 Å². The van der Waals surface area contributed by atoms with E-state index in [2.05, 4.69) is 41.1 Å². The second-order valence-electron chi connectivity index (χ2n) is 5.62. The highest BCUT2D eigenvalue weighted by Crippen LogP contribution is 2.34. The number of nitrogens with zero attached hydrogens (tertiary/aromatic N) is 1. The van der Waals surface area contributed by atoms with Crippen LogP contribution in [0.2, 0.25) is 0 Å². The lowest BCUT2D eigenvalue weighted by Gasteiger charge is -2.28. The molecule has 1 atom stereocenters. The Morgan fingerprint density at radius 1 is 1.10 bits per heavy atom. The number of aryl methyl sites for hydroxylation is 1. The van der Waals surface area contributed by atoms with E-state index in [4.69, 9.17) is 0 Å². The summed E-state index contributed by atoms with van der Waals surface area (Å²) in [7, 11) is 0. The molecule has 3 heteroatoms. The third-order valence-corrected chi connectivity index (χ3v) is 4.43. The Morgan fingerprint density at radius 2 is 1.86 bits per heavy atom. The molecule has 0 radical (unpaired) electrons. The van der Waals surface area contributed by atoms with Gasteiger partial charge in [-0.1, -0.05) is 30.3 Å². The number of para-hydroxylation sites is 1. The van der Waals surface area contributed by atoms with E-state index in [1.807, 2.05) is 12.1 Å². The van der Waals surface area contributed by atoms with Crippen molar-refractivity contribution in [3.63, 3.8) is 0 Å². The second-order valence-corrected chi connectivity index (χ2v) is 5.62. The van der Waals surface area contributed by atoms with E-state index in [9.17, 15) is 4.39 Å². The van der Waals surface area contributed by atoms with Crippen LogP contribution >= 0.6 is 0 Å². The minimum Gasteiger partial charge on any atom is -0.341 e. The molecule has 0 spiro atoms. The van der Waals surface area contributed by atoms with Gasteiger partial charge in [0, 0.05) is 29.7 Å². The molecule has 106 valence electrons. The molecule has 2 nitrogen and oxygen atoms in total. The fraction of sp³-hybridized carbons (Fsp3) is 0.222. The standard InChI is InChI=1S/C18H17FN2/c1-12-15-4-2-3-5-16(15)21-11-10-20-17(18(12)21)13-6-8-14(19)9-7-13/h2-9,17,20H,10-11H2,1H3. The molecule has 21 heavy (non-hydrogen) atoms. The van der Waals surface area contributed by atoms with Gasteiger partial charge in [-0.05, 0) is 36.2 Å². The van der Waals surface area contributed by atoms with Gasteiger partial charge >= 0.3 is 0 Å². The van der Waals surface area contributed by atoms with Crippen molar-refractivity contribution in [3.05, 3.63) is 71.2 Å². The summed E-state index contributed by atoms with van der Waals surface area (Å²) >= 11 is 0. The summed E-state index contributed by atoms with van der Waals surface area (Å²) in [5.74, 6) is -0.188. The predicted octanol–water partition coefficient (Wildman–Crippen LogP) is 3.78. The Hall–Kier alpha value is -2.13. The quantitative estimate of drug-likeness (QED) is 0.718. The van der Waals surface area contributed by atoms with Crippen molar-refractivity contribution in [2.75, 3.05) is 6.54 Å². The molecule has 1 aromatic heterocycles. The van der Waals surface area contributed by atoms with Crippen molar-refractivity contribution >= 4 is 10.9 Å². The number of fused-ring (bicyclic) bond motifs is 3. The highest BCUT2D eigenvalue weighted by molar-refractivity contribution is 5.85. The van der Waals surface area contributed by atoms with Gasteiger partial charge < -0.3 is 9.88 Å². The molecule has 1 aliphatic rings. The average Bonchev–Trinajstić information content (AvgIpc) is 2.82. The number of hydrogen-bond acceptors (Lipinski definition) is 1. The first-order valence-electron chi connectivity index (χ1n) is 7.32. The second kappa shape index (κ2) is 4.71. The molecule has 3 aromatic rings. The van der Waals surface area contributed by atoms with Gasteiger partial charge in [-0.3, -0.25) is 0 Å². The van der Waals surface area contributed by atoms with Crippen molar-refractivity contribution in [1.82, 2.24) is 9.88 Å².